The number of carbonyl (C=O) groups is 1. The molecule has 0 atom stereocenters. The number of anilines is 2. The molecule has 0 spiro atoms. The van der Waals surface area contributed by atoms with Crippen LogP contribution >= 0.6 is 0 Å². The van der Waals surface area contributed by atoms with Gasteiger partial charge in [0, 0.05) is 18.5 Å². The zero-order chi connectivity index (χ0) is 19.2. The summed E-state index contributed by atoms with van der Waals surface area (Å²) in [5, 5.41) is 6.28. The Balaban J connectivity index is 1.81. The number of ether oxygens (including phenoxy) is 1. The van der Waals surface area contributed by atoms with Crippen molar-refractivity contribution in [3.05, 3.63) is 70.6 Å². The summed E-state index contributed by atoms with van der Waals surface area (Å²) < 4.78 is 10.7. The summed E-state index contributed by atoms with van der Waals surface area (Å²) in [6.07, 6.45) is 3.02. The highest BCUT2D eigenvalue weighted by Gasteiger charge is 2.14. The zero-order valence-electron chi connectivity index (χ0n) is 15.1. The van der Waals surface area contributed by atoms with Crippen molar-refractivity contribution in [2.24, 2.45) is 0 Å². The fraction of sp³-hybridized carbons (Fsp3) is 0.143. The molecule has 2 N–H and O–H groups in total. The first kappa shape index (κ1) is 18.3. The fourth-order valence-electron chi connectivity index (χ4n) is 2.70. The lowest BCUT2D eigenvalue weighted by Crippen LogP contribution is -2.17. The highest BCUT2D eigenvalue weighted by molar-refractivity contribution is 6.07. The molecule has 0 aliphatic rings. The quantitative estimate of drug-likeness (QED) is 0.512. The van der Waals surface area contributed by atoms with E-state index < -0.39 is 11.5 Å². The number of hydrogen-bond donors (Lipinski definition) is 2. The van der Waals surface area contributed by atoms with Gasteiger partial charge in [0.15, 0.2) is 5.69 Å². The van der Waals surface area contributed by atoms with Crippen molar-refractivity contribution in [1.29, 1.82) is 0 Å². The summed E-state index contributed by atoms with van der Waals surface area (Å²) >= 11 is 0. The predicted octanol–water partition coefficient (Wildman–Crippen LogP) is 3.89. The third kappa shape index (κ3) is 4.17. The molecule has 1 aromatic heterocycles. The molecule has 1 heterocycles. The van der Waals surface area contributed by atoms with E-state index in [4.69, 9.17) is 9.15 Å². The molecule has 3 aromatic rings. The molecule has 0 saturated carbocycles. The number of hydrogen-bond acceptors (Lipinski definition) is 5. The second-order valence-electron chi connectivity index (χ2n) is 5.71. The summed E-state index contributed by atoms with van der Waals surface area (Å²) in [6.45, 7) is 2.51. The van der Waals surface area contributed by atoms with Gasteiger partial charge in [-0.05, 0) is 42.8 Å². The van der Waals surface area contributed by atoms with Crippen molar-refractivity contribution < 1.29 is 13.9 Å². The minimum Gasteiger partial charge on any atom is -0.494 e. The lowest BCUT2D eigenvalue weighted by molar-refractivity contribution is -0.111. The molecular weight excluding hydrogens is 344 g/mol. The van der Waals surface area contributed by atoms with Crippen molar-refractivity contribution in [2.45, 2.75) is 6.92 Å². The van der Waals surface area contributed by atoms with E-state index in [1.165, 1.54) is 6.08 Å². The Hall–Kier alpha value is -3.54. The average molecular weight is 364 g/mol. The van der Waals surface area contributed by atoms with E-state index in [2.05, 4.69) is 10.6 Å². The van der Waals surface area contributed by atoms with Crippen LogP contribution in [0.15, 0.2) is 63.8 Å². The first-order valence-electron chi connectivity index (χ1n) is 8.58. The molecule has 0 fully saturated rings. The van der Waals surface area contributed by atoms with Crippen molar-refractivity contribution >= 4 is 34.3 Å². The average Bonchev–Trinajstić information content (AvgIpc) is 2.68. The van der Waals surface area contributed by atoms with Gasteiger partial charge >= 0.3 is 5.63 Å². The van der Waals surface area contributed by atoms with E-state index in [1.807, 2.05) is 43.3 Å². The minimum atomic E-state index is -0.610. The second kappa shape index (κ2) is 8.23. The number of nitrogens with one attached hydrogen (secondary N) is 2. The van der Waals surface area contributed by atoms with Crippen molar-refractivity contribution in [2.75, 3.05) is 24.3 Å². The number of fused-ring (bicyclic) bond motifs is 1. The third-order valence-corrected chi connectivity index (χ3v) is 3.93. The molecule has 27 heavy (non-hydrogen) atoms. The van der Waals surface area contributed by atoms with Crippen molar-refractivity contribution in [1.82, 2.24) is 0 Å². The van der Waals surface area contributed by atoms with E-state index in [-0.39, 0.29) is 5.69 Å². The second-order valence-corrected chi connectivity index (χ2v) is 5.71. The predicted molar refractivity (Wildman–Crippen MR) is 107 cm³/mol. The summed E-state index contributed by atoms with van der Waals surface area (Å²) in [5.41, 5.74) is 1.28. The van der Waals surface area contributed by atoms with Gasteiger partial charge in [0.05, 0.1) is 12.3 Å². The van der Waals surface area contributed by atoms with E-state index >= 15 is 0 Å². The first-order valence-corrected chi connectivity index (χ1v) is 8.58. The smallest absolute Gasteiger partial charge is 0.362 e. The van der Waals surface area contributed by atoms with Crippen LogP contribution in [-0.2, 0) is 4.79 Å². The number of para-hydroxylation sites is 1. The van der Waals surface area contributed by atoms with Crippen LogP contribution in [0.25, 0.3) is 17.0 Å². The van der Waals surface area contributed by atoms with Gasteiger partial charge in [0.1, 0.15) is 11.3 Å². The maximum Gasteiger partial charge on any atom is 0.362 e. The van der Waals surface area contributed by atoms with E-state index in [0.29, 0.717) is 23.3 Å². The van der Waals surface area contributed by atoms with Gasteiger partial charge in [-0.15, -0.1) is 0 Å². The minimum absolute atomic E-state index is 0.0811. The number of amides is 1. The van der Waals surface area contributed by atoms with Crippen LogP contribution in [-0.4, -0.2) is 19.6 Å². The molecule has 0 bridgehead atoms. The molecule has 138 valence electrons. The highest BCUT2D eigenvalue weighted by Crippen LogP contribution is 2.28. The Kier molecular flexibility index (Phi) is 5.56. The summed E-state index contributed by atoms with van der Waals surface area (Å²) in [7, 11) is 1.69. The molecular formula is C21H20N2O4. The third-order valence-electron chi connectivity index (χ3n) is 3.93. The maximum atomic E-state index is 12.3. The molecule has 6 heteroatoms. The Morgan fingerprint density at radius 3 is 2.56 bits per heavy atom. The van der Waals surface area contributed by atoms with Crippen LogP contribution in [0.5, 0.6) is 5.75 Å². The van der Waals surface area contributed by atoms with Gasteiger partial charge < -0.3 is 19.8 Å². The highest BCUT2D eigenvalue weighted by atomic mass is 16.5. The monoisotopic (exact) mass is 364 g/mol. The van der Waals surface area contributed by atoms with Crippen LogP contribution < -0.4 is 21.0 Å². The summed E-state index contributed by atoms with van der Waals surface area (Å²) in [5.74, 6) is 0.342. The van der Waals surface area contributed by atoms with E-state index in [9.17, 15) is 9.59 Å². The molecule has 0 saturated heterocycles. The van der Waals surface area contributed by atoms with Gasteiger partial charge in [0.25, 0.3) is 0 Å². The molecule has 3 rings (SSSR count). The van der Waals surface area contributed by atoms with Crippen LogP contribution in [0.3, 0.4) is 0 Å². The molecule has 2 aromatic carbocycles. The topological polar surface area (TPSA) is 80.6 Å². The van der Waals surface area contributed by atoms with Gasteiger partial charge in [-0.2, -0.15) is 0 Å². The molecule has 0 radical (unpaired) electrons. The fourth-order valence-corrected chi connectivity index (χ4v) is 2.70. The van der Waals surface area contributed by atoms with Gasteiger partial charge in [-0.25, -0.2) is 4.79 Å². The Morgan fingerprint density at radius 2 is 1.85 bits per heavy atom. The molecule has 0 aliphatic carbocycles. The van der Waals surface area contributed by atoms with Gasteiger partial charge in [-0.3, -0.25) is 4.79 Å². The summed E-state index contributed by atoms with van der Waals surface area (Å²) in [4.78, 5) is 24.5. The first-order chi connectivity index (χ1) is 13.1. The molecule has 6 nitrogen and oxygen atoms in total. The largest absolute Gasteiger partial charge is 0.494 e. The van der Waals surface area contributed by atoms with Crippen LogP contribution in [0.2, 0.25) is 0 Å². The maximum absolute atomic E-state index is 12.3. The van der Waals surface area contributed by atoms with Crippen LogP contribution in [0.4, 0.5) is 11.4 Å². The Morgan fingerprint density at radius 1 is 1.11 bits per heavy atom. The van der Waals surface area contributed by atoms with E-state index in [0.717, 1.165) is 11.3 Å². The number of carbonyl (C=O) groups excluding carboxylic acids is 1. The molecule has 1 amide bonds. The Bertz CT molecular complexity index is 1040. The standard InChI is InChI=1S/C21H20N2O4/c1-3-26-15-11-8-14(9-12-15)10-13-18(24)23-20-19(22-2)16-6-4-5-7-17(16)27-21(20)25/h4-13,22H,3H2,1-2H3,(H,23,24)/b13-10-. The zero-order valence-corrected chi connectivity index (χ0v) is 15.1. The van der Waals surface area contributed by atoms with Crippen molar-refractivity contribution in [3.8, 4) is 5.75 Å². The van der Waals surface area contributed by atoms with Gasteiger partial charge in [0.2, 0.25) is 5.91 Å². The SMILES string of the molecule is CCOc1ccc(/C=C\C(=O)Nc2c(NC)c3ccccc3oc2=O)cc1. The van der Waals surface area contributed by atoms with Crippen LogP contribution in [0.1, 0.15) is 12.5 Å². The van der Waals surface area contributed by atoms with E-state index in [1.54, 1.807) is 25.3 Å². The molecule has 0 unspecified atom stereocenters. The number of rotatable bonds is 6. The summed E-state index contributed by atoms with van der Waals surface area (Å²) in [6, 6.07) is 14.5. The number of benzene rings is 2. The lowest BCUT2D eigenvalue weighted by atomic mass is 10.2. The van der Waals surface area contributed by atoms with Crippen LogP contribution in [0, 0.1) is 0 Å². The normalized spacial score (nSPS) is 10.9. The Labute approximate surface area is 156 Å². The molecule has 0 aliphatic heterocycles. The van der Waals surface area contributed by atoms with Crippen molar-refractivity contribution in [3.63, 3.8) is 0 Å². The lowest BCUT2D eigenvalue weighted by Gasteiger charge is -2.10. The van der Waals surface area contributed by atoms with Gasteiger partial charge in [-0.1, -0.05) is 24.3 Å².